The number of amides is 2. The zero-order valence-electron chi connectivity index (χ0n) is 12.5. The molecule has 0 spiro atoms. The van der Waals surface area contributed by atoms with Gasteiger partial charge in [0, 0.05) is 13.1 Å². The number of nitrogens with one attached hydrogen (secondary N) is 1. The molecular formula is C13H18N4O4S. The minimum Gasteiger partial charge on any atom is -0.466 e. The Morgan fingerprint density at radius 3 is 2.82 bits per heavy atom. The van der Waals surface area contributed by atoms with Crippen LogP contribution in [0.1, 0.15) is 24.8 Å². The van der Waals surface area contributed by atoms with Gasteiger partial charge in [0.25, 0.3) is 0 Å². The molecule has 1 aliphatic heterocycles. The van der Waals surface area contributed by atoms with Crippen molar-refractivity contribution in [2.75, 3.05) is 25.0 Å². The zero-order chi connectivity index (χ0) is 16.1. The number of carbonyl (C=O) groups excluding carboxylic acids is 3. The summed E-state index contributed by atoms with van der Waals surface area (Å²) in [6.07, 6.45) is 1.33. The minimum atomic E-state index is -0.763. The predicted octanol–water partition coefficient (Wildman–Crippen LogP) is 0.587. The Balaban J connectivity index is 1.93. The molecule has 1 aliphatic rings. The number of rotatable bonds is 3. The van der Waals surface area contributed by atoms with Gasteiger partial charge in [-0.1, -0.05) is 11.3 Å². The first-order chi connectivity index (χ1) is 10.5. The summed E-state index contributed by atoms with van der Waals surface area (Å²) < 4.78 is 4.97. The van der Waals surface area contributed by atoms with Crippen molar-refractivity contribution in [2.24, 2.45) is 5.92 Å². The Morgan fingerprint density at radius 1 is 1.41 bits per heavy atom. The van der Waals surface area contributed by atoms with Crippen LogP contribution in [0.2, 0.25) is 0 Å². The van der Waals surface area contributed by atoms with E-state index in [9.17, 15) is 14.4 Å². The molecule has 1 N–H and O–H groups in total. The highest BCUT2D eigenvalue weighted by molar-refractivity contribution is 7.15. The maximum absolute atomic E-state index is 12.2. The number of hydrogen-bond acceptors (Lipinski definition) is 7. The van der Waals surface area contributed by atoms with E-state index in [2.05, 4.69) is 15.5 Å². The van der Waals surface area contributed by atoms with Crippen molar-refractivity contribution in [1.82, 2.24) is 15.1 Å². The molecule has 0 unspecified atom stereocenters. The number of ether oxygens (including phenoxy) is 1. The smallest absolute Gasteiger partial charge is 0.315 e. The number of carbonyl (C=O) groups is 3. The van der Waals surface area contributed by atoms with Gasteiger partial charge >= 0.3 is 17.8 Å². The standard InChI is InChI=1S/C13H18N4O4S/c1-3-21-12(20)9-5-4-6-17(7-9)11(19)10(18)14-13-16-15-8(2)22-13/h9H,3-7H2,1-2H3,(H,14,16,18)/t9-/m0/s1. The summed E-state index contributed by atoms with van der Waals surface area (Å²) in [5.74, 6) is -2.11. The lowest BCUT2D eigenvalue weighted by molar-refractivity contribution is -0.153. The zero-order valence-corrected chi connectivity index (χ0v) is 13.3. The van der Waals surface area contributed by atoms with E-state index in [4.69, 9.17) is 4.74 Å². The molecule has 2 rings (SSSR count). The van der Waals surface area contributed by atoms with Gasteiger partial charge in [0.15, 0.2) is 0 Å². The molecule has 0 aromatic carbocycles. The Kier molecular flexibility index (Phi) is 5.42. The van der Waals surface area contributed by atoms with Crippen LogP contribution in [0, 0.1) is 12.8 Å². The normalized spacial score (nSPS) is 17.9. The van der Waals surface area contributed by atoms with Crippen LogP contribution in [-0.4, -0.2) is 52.6 Å². The third kappa shape index (κ3) is 4.00. The van der Waals surface area contributed by atoms with E-state index in [1.807, 2.05) is 0 Å². The lowest BCUT2D eigenvalue weighted by atomic mass is 9.98. The van der Waals surface area contributed by atoms with Gasteiger partial charge in [0.2, 0.25) is 5.13 Å². The van der Waals surface area contributed by atoms with Crippen molar-refractivity contribution < 1.29 is 19.1 Å². The molecular weight excluding hydrogens is 308 g/mol. The Morgan fingerprint density at radius 2 is 2.18 bits per heavy atom. The van der Waals surface area contributed by atoms with Crippen molar-refractivity contribution in [3.63, 3.8) is 0 Å². The number of piperidine rings is 1. The van der Waals surface area contributed by atoms with E-state index in [-0.39, 0.29) is 23.6 Å². The SMILES string of the molecule is CCOC(=O)[C@H]1CCCN(C(=O)C(=O)Nc2nnc(C)s2)C1. The van der Waals surface area contributed by atoms with Gasteiger partial charge in [0.05, 0.1) is 12.5 Å². The third-order valence-corrected chi connectivity index (χ3v) is 4.02. The summed E-state index contributed by atoms with van der Waals surface area (Å²) in [5.41, 5.74) is 0. The summed E-state index contributed by atoms with van der Waals surface area (Å²) >= 11 is 1.19. The van der Waals surface area contributed by atoms with Crippen molar-refractivity contribution in [3.8, 4) is 0 Å². The van der Waals surface area contributed by atoms with Crippen LogP contribution in [0.25, 0.3) is 0 Å². The van der Waals surface area contributed by atoms with Crippen LogP contribution in [0.15, 0.2) is 0 Å². The van der Waals surface area contributed by atoms with Crippen LogP contribution in [-0.2, 0) is 19.1 Å². The fourth-order valence-electron chi connectivity index (χ4n) is 2.26. The van der Waals surface area contributed by atoms with E-state index < -0.39 is 11.8 Å². The van der Waals surface area contributed by atoms with E-state index in [0.717, 1.165) is 0 Å². The first kappa shape index (κ1) is 16.3. The number of esters is 1. The monoisotopic (exact) mass is 326 g/mol. The number of aryl methyl sites for hydroxylation is 1. The lowest BCUT2D eigenvalue weighted by Gasteiger charge is -2.30. The van der Waals surface area contributed by atoms with E-state index in [1.165, 1.54) is 16.2 Å². The molecule has 1 fully saturated rings. The molecule has 2 amide bonds. The molecule has 22 heavy (non-hydrogen) atoms. The van der Waals surface area contributed by atoms with Gasteiger partial charge in [-0.25, -0.2) is 0 Å². The fourth-order valence-corrected chi connectivity index (χ4v) is 2.84. The quantitative estimate of drug-likeness (QED) is 0.644. The molecule has 1 aromatic rings. The lowest BCUT2D eigenvalue weighted by Crippen LogP contribution is -2.47. The molecule has 9 heteroatoms. The number of likely N-dealkylation sites (tertiary alicyclic amines) is 1. The molecule has 1 saturated heterocycles. The number of nitrogens with zero attached hydrogens (tertiary/aromatic N) is 3. The second-order valence-corrected chi connectivity index (χ2v) is 6.10. The second kappa shape index (κ2) is 7.30. The van der Waals surface area contributed by atoms with Crippen molar-refractivity contribution >= 4 is 34.3 Å². The molecule has 2 heterocycles. The highest BCUT2D eigenvalue weighted by Crippen LogP contribution is 2.19. The summed E-state index contributed by atoms with van der Waals surface area (Å²) in [4.78, 5) is 37.2. The average molecular weight is 326 g/mol. The van der Waals surface area contributed by atoms with Crippen LogP contribution in [0.5, 0.6) is 0 Å². The Labute approximate surface area is 131 Å². The van der Waals surface area contributed by atoms with Crippen LogP contribution in [0.4, 0.5) is 5.13 Å². The van der Waals surface area contributed by atoms with Crippen molar-refractivity contribution in [1.29, 1.82) is 0 Å². The third-order valence-electron chi connectivity index (χ3n) is 3.27. The van der Waals surface area contributed by atoms with Gasteiger partial charge in [-0.2, -0.15) is 0 Å². The second-order valence-electron chi connectivity index (χ2n) is 4.92. The van der Waals surface area contributed by atoms with Gasteiger partial charge in [0.1, 0.15) is 5.01 Å². The molecule has 1 atom stereocenters. The van der Waals surface area contributed by atoms with Crippen LogP contribution >= 0.6 is 11.3 Å². The van der Waals surface area contributed by atoms with Gasteiger partial charge in [-0.15, -0.1) is 10.2 Å². The summed E-state index contributed by atoms with van der Waals surface area (Å²) in [6, 6.07) is 0. The Hall–Kier alpha value is -2.03. The Bertz CT molecular complexity index is 574. The predicted molar refractivity (Wildman–Crippen MR) is 79.2 cm³/mol. The van der Waals surface area contributed by atoms with Crippen molar-refractivity contribution in [2.45, 2.75) is 26.7 Å². The first-order valence-corrected chi connectivity index (χ1v) is 7.90. The maximum atomic E-state index is 12.2. The topological polar surface area (TPSA) is 101 Å². The molecule has 0 bridgehead atoms. The van der Waals surface area contributed by atoms with Gasteiger partial charge in [-0.05, 0) is 26.7 Å². The summed E-state index contributed by atoms with van der Waals surface area (Å²) in [6.45, 7) is 4.46. The minimum absolute atomic E-state index is 0.209. The first-order valence-electron chi connectivity index (χ1n) is 7.08. The van der Waals surface area contributed by atoms with Gasteiger partial charge in [-0.3, -0.25) is 19.7 Å². The van der Waals surface area contributed by atoms with E-state index in [1.54, 1.807) is 13.8 Å². The van der Waals surface area contributed by atoms with E-state index >= 15 is 0 Å². The van der Waals surface area contributed by atoms with Crippen LogP contribution in [0.3, 0.4) is 0 Å². The maximum Gasteiger partial charge on any atom is 0.315 e. The van der Waals surface area contributed by atoms with Crippen LogP contribution < -0.4 is 5.32 Å². The average Bonchev–Trinajstić information content (AvgIpc) is 2.92. The molecule has 0 aliphatic carbocycles. The number of aromatic nitrogens is 2. The highest BCUT2D eigenvalue weighted by Gasteiger charge is 2.32. The van der Waals surface area contributed by atoms with Crippen molar-refractivity contribution in [3.05, 3.63) is 5.01 Å². The van der Waals surface area contributed by atoms with E-state index in [0.29, 0.717) is 31.0 Å². The fraction of sp³-hybridized carbons (Fsp3) is 0.615. The molecule has 1 aromatic heterocycles. The molecule has 8 nitrogen and oxygen atoms in total. The highest BCUT2D eigenvalue weighted by atomic mass is 32.1. The van der Waals surface area contributed by atoms with Gasteiger partial charge < -0.3 is 9.64 Å². The molecule has 0 saturated carbocycles. The largest absolute Gasteiger partial charge is 0.466 e. The number of anilines is 1. The molecule has 0 radical (unpaired) electrons. The molecule has 120 valence electrons. The summed E-state index contributed by atoms with van der Waals surface area (Å²) in [5, 5.41) is 10.9. The summed E-state index contributed by atoms with van der Waals surface area (Å²) in [7, 11) is 0. The number of hydrogen-bond donors (Lipinski definition) is 1.